The first-order valence-corrected chi connectivity index (χ1v) is 10.2. The van der Waals surface area contributed by atoms with Gasteiger partial charge in [0, 0.05) is 25.6 Å². The van der Waals surface area contributed by atoms with Gasteiger partial charge in [-0.25, -0.2) is 8.42 Å². The highest BCUT2D eigenvalue weighted by Crippen LogP contribution is 2.27. The van der Waals surface area contributed by atoms with E-state index in [0.29, 0.717) is 24.4 Å². The van der Waals surface area contributed by atoms with Crippen molar-refractivity contribution in [2.24, 2.45) is 0 Å². The van der Waals surface area contributed by atoms with Crippen LogP contribution in [0.5, 0.6) is 0 Å². The molecule has 2 aromatic heterocycles. The molecule has 1 unspecified atom stereocenters. The van der Waals surface area contributed by atoms with Crippen molar-refractivity contribution in [3.05, 3.63) is 41.2 Å². The van der Waals surface area contributed by atoms with Gasteiger partial charge < -0.3 is 9.73 Å². The zero-order valence-corrected chi connectivity index (χ0v) is 15.0. The lowest BCUT2D eigenvalue weighted by atomic mass is 10.2. The van der Waals surface area contributed by atoms with E-state index in [9.17, 15) is 13.2 Å². The fourth-order valence-electron chi connectivity index (χ4n) is 2.71. The molecule has 1 atom stereocenters. The van der Waals surface area contributed by atoms with Gasteiger partial charge in [0.15, 0.2) is 0 Å². The Hall–Kier alpha value is -1.64. The van der Waals surface area contributed by atoms with Gasteiger partial charge in [-0.2, -0.15) is 4.31 Å². The molecule has 6 nitrogen and oxygen atoms in total. The smallest absolute Gasteiger partial charge is 0.261 e. The van der Waals surface area contributed by atoms with Crippen molar-refractivity contribution < 1.29 is 17.6 Å². The van der Waals surface area contributed by atoms with Gasteiger partial charge in [-0.3, -0.25) is 4.79 Å². The monoisotopic (exact) mass is 368 g/mol. The molecule has 1 saturated heterocycles. The van der Waals surface area contributed by atoms with E-state index in [4.69, 9.17) is 4.42 Å². The second-order valence-electron chi connectivity index (χ2n) is 5.89. The van der Waals surface area contributed by atoms with Gasteiger partial charge in [0.1, 0.15) is 9.97 Å². The van der Waals surface area contributed by atoms with Crippen molar-refractivity contribution in [1.82, 2.24) is 9.62 Å². The number of carbonyl (C=O) groups is 1. The molecule has 0 bridgehead atoms. The Bertz CT molecular complexity index is 790. The second-order valence-corrected chi connectivity index (χ2v) is 9.14. The van der Waals surface area contributed by atoms with Crippen LogP contribution in [0.2, 0.25) is 0 Å². The van der Waals surface area contributed by atoms with Crippen LogP contribution in [0.15, 0.2) is 39.2 Å². The standard InChI is InChI=1S/C16H20N2O4S2/c1-12(11-13-5-4-10-22-13)17-16(19)14-6-7-15(23-14)24(20,21)18-8-2-3-9-18/h4-7,10,12H,2-3,8-9,11H2,1H3,(H,17,19). The van der Waals surface area contributed by atoms with Gasteiger partial charge in [-0.15, -0.1) is 11.3 Å². The second kappa shape index (κ2) is 7.08. The van der Waals surface area contributed by atoms with E-state index in [1.165, 1.54) is 10.4 Å². The lowest BCUT2D eigenvalue weighted by molar-refractivity contribution is 0.0943. The molecule has 0 spiro atoms. The Balaban J connectivity index is 1.65. The number of hydrogen-bond acceptors (Lipinski definition) is 5. The van der Waals surface area contributed by atoms with Crippen molar-refractivity contribution in [2.45, 2.75) is 36.4 Å². The number of carbonyl (C=O) groups excluding carboxylic acids is 1. The molecule has 3 heterocycles. The largest absolute Gasteiger partial charge is 0.469 e. The number of nitrogens with one attached hydrogen (secondary N) is 1. The molecule has 1 amide bonds. The minimum atomic E-state index is -3.46. The maximum absolute atomic E-state index is 12.5. The van der Waals surface area contributed by atoms with Gasteiger partial charge in [0.25, 0.3) is 15.9 Å². The lowest BCUT2D eigenvalue weighted by Gasteiger charge is -2.13. The molecule has 1 aliphatic heterocycles. The first kappa shape index (κ1) is 17.2. The summed E-state index contributed by atoms with van der Waals surface area (Å²) in [6.07, 6.45) is 3.96. The van der Waals surface area contributed by atoms with Crippen molar-refractivity contribution in [3.8, 4) is 0 Å². The van der Waals surface area contributed by atoms with Crippen LogP contribution in [0.1, 0.15) is 35.2 Å². The molecule has 1 N–H and O–H groups in total. The van der Waals surface area contributed by atoms with Crippen LogP contribution in [0, 0.1) is 0 Å². The average Bonchev–Trinajstić information content (AvgIpc) is 3.29. The normalized spacial score (nSPS) is 17.0. The van der Waals surface area contributed by atoms with Gasteiger partial charge in [0.2, 0.25) is 0 Å². The molecule has 2 aromatic rings. The van der Waals surface area contributed by atoms with Crippen LogP contribution in [0.25, 0.3) is 0 Å². The Morgan fingerprint density at radius 1 is 1.33 bits per heavy atom. The molecule has 0 saturated carbocycles. The number of thiophene rings is 1. The Labute approximate surface area is 145 Å². The zero-order valence-electron chi connectivity index (χ0n) is 13.4. The number of nitrogens with zero attached hydrogens (tertiary/aromatic N) is 1. The average molecular weight is 368 g/mol. The summed E-state index contributed by atoms with van der Waals surface area (Å²) in [4.78, 5) is 12.7. The SMILES string of the molecule is CC(Cc1ccco1)NC(=O)c1ccc(S(=O)(=O)N2CCCC2)s1. The number of furan rings is 1. The van der Waals surface area contributed by atoms with E-state index in [2.05, 4.69) is 5.32 Å². The number of rotatable bonds is 6. The highest BCUT2D eigenvalue weighted by Gasteiger charge is 2.29. The maximum atomic E-state index is 12.5. The Morgan fingerprint density at radius 2 is 2.08 bits per heavy atom. The van der Waals surface area contributed by atoms with E-state index < -0.39 is 10.0 Å². The lowest BCUT2D eigenvalue weighted by Crippen LogP contribution is -2.33. The summed E-state index contributed by atoms with van der Waals surface area (Å²) in [5.41, 5.74) is 0. The molecular formula is C16H20N2O4S2. The predicted molar refractivity (Wildman–Crippen MR) is 91.7 cm³/mol. The minimum Gasteiger partial charge on any atom is -0.469 e. The summed E-state index contributed by atoms with van der Waals surface area (Å²) in [7, 11) is -3.46. The van der Waals surface area contributed by atoms with Crippen molar-refractivity contribution >= 4 is 27.3 Å². The zero-order chi connectivity index (χ0) is 17.2. The molecule has 1 fully saturated rings. The van der Waals surface area contributed by atoms with Crippen LogP contribution < -0.4 is 5.32 Å². The Kier molecular flexibility index (Phi) is 5.07. The first-order chi connectivity index (χ1) is 11.5. The van der Waals surface area contributed by atoms with E-state index >= 15 is 0 Å². The van der Waals surface area contributed by atoms with Gasteiger partial charge in [-0.05, 0) is 44.0 Å². The summed E-state index contributed by atoms with van der Waals surface area (Å²) >= 11 is 1.02. The van der Waals surface area contributed by atoms with Crippen molar-refractivity contribution in [3.63, 3.8) is 0 Å². The van der Waals surface area contributed by atoms with Crippen molar-refractivity contribution in [1.29, 1.82) is 0 Å². The Morgan fingerprint density at radius 3 is 2.75 bits per heavy atom. The van der Waals surface area contributed by atoms with Crippen molar-refractivity contribution in [2.75, 3.05) is 13.1 Å². The van der Waals surface area contributed by atoms with E-state index in [-0.39, 0.29) is 16.2 Å². The molecule has 3 rings (SSSR count). The summed E-state index contributed by atoms with van der Waals surface area (Å²) in [6.45, 7) is 3.00. The fourth-order valence-corrected chi connectivity index (χ4v) is 5.59. The molecule has 0 aliphatic carbocycles. The third kappa shape index (κ3) is 3.71. The number of hydrogen-bond donors (Lipinski definition) is 1. The number of sulfonamides is 1. The summed E-state index contributed by atoms with van der Waals surface area (Å²) in [5, 5.41) is 2.87. The molecule has 1 aliphatic rings. The summed E-state index contributed by atoms with van der Waals surface area (Å²) in [6, 6.07) is 6.64. The molecule has 24 heavy (non-hydrogen) atoms. The molecule has 8 heteroatoms. The van der Waals surface area contributed by atoms with Gasteiger partial charge in [-0.1, -0.05) is 0 Å². The highest BCUT2D eigenvalue weighted by molar-refractivity contribution is 7.91. The van der Waals surface area contributed by atoms with E-state index in [1.807, 2.05) is 13.0 Å². The summed E-state index contributed by atoms with van der Waals surface area (Å²) in [5.74, 6) is 0.535. The quantitative estimate of drug-likeness (QED) is 0.849. The van der Waals surface area contributed by atoms with Crippen LogP contribution in [0.3, 0.4) is 0 Å². The van der Waals surface area contributed by atoms with Gasteiger partial charge in [0.05, 0.1) is 11.1 Å². The third-order valence-electron chi connectivity index (χ3n) is 3.93. The summed E-state index contributed by atoms with van der Waals surface area (Å²) < 4.78 is 32.0. The fraction of sp³-hybridized carbons (Fsp3) is 0.438. The van der Waals surface area contributed by atoms with Gasteiger partial charge >= 0.3 is 0 Å². The highest BCUT2D eigenvalue weighted by atomic mass is 32.2. The van der Waals surface area contributed by atoms with Crippen LogP contribution in [0.4, 0.5) is 0 Å². The first-order valence-electron chi connectivity index (χ1n) is 7.90. The third-order valence-corrected chi connectivity index (χ3v) is 7.38. The molecule has 0 radical (unpaired) electrons. The van der Waals surface area contributed by atoms with Crippen LogP contribution in [-0.4, -0.2) is 37.8 Å². The van der Waals surface area contributed by atoms with E-state index in [1.54, 1.807) is 18.4 Å². The molecule has 0 aromatic carbocycles. The topological polar surface area (TPSA) is 79.6 Å². The van der Waals surface area contributed by atoms with Crippen LogP contribution >= 0.6 is 11.3 Å². The molecular weight excluding hydrogens is 348 g/mol. The van der Waals surface area contributed by atoms with E-state index in [0.717, 1.165) is 29.9 Å². The maximum Gasteiger partial charge on any atom is 0.261 e. The molecule has 130 valence electrons. The van der Waals surface area contributed by atoms with Crippen LogP contribution in [-0.2, 0) is 16.4 Å². The number of amides is 1. The minimum absolute atomic E-state index is 0.107. The predicted octanol–water partition coefficient (Wildman–Crippen LogP) is 2.49.